The van der Waals surface area contributed by atoms with Crippen LogP contribution in [0.15, 0.2) is 29.3 Å². The molecule has 1 aromatic rings. The average molecular weight is 307 g/mol. The Morgan fingerprint density at radius 2 is 2.14 bits per heavy atom. The molecule has 1 aliphatic rings. The van der Waals surface area contributed by atoms with E-state index in [-0.39, 0.29) is 0 Å². The molecule has 0 heterocycles. The van der Waals surface area contributed by atoms with Gasteiger partial charge in [0.25, 0.3) is 0 Å². The van der Waals surface area contributed by atoms with Crippen molar-refractivity contribution in [1.82, 2.24) is 10.6 Å². The van der Waals surface area contributed by atoms with Gasteiger partial charge in [0.2, 0.25) is 0 Å². The van der Waals surface area contributed by atoms with E-state index in [0.29, 0.717) is 6.10 Å². The van der Waals surface area contributed by atoms with Gasteiger partial charge in [0.1, 0.15) is 5.75 Å². The largest absolute Gasteiger partial charge is 0.490 e. The molecule has 0 saturated heterocycles. The fraction of sp³-hybridized carbons (Fsp3) is 0.562. The number of nitrogens with one attached hydrogen (secondary N) is 2. The normalized spacial score (nSPS) is 15.4. The molecule has 0 amide bonds. The number of guanidine groups is 1. The second kappa shape index (κ2) is 8.82. The summed E-state index contributed by atoms with van der Waals surface area (Å²) in [6.45, 7) is 1.64. The van der Waals surface area contributed by atoms with E-state index in [9.17, 15) is 0 Å². The summed E-state index contributed by atoms with van der Waals surface area (Å²) in [7, 11) is 1.80. The van der Waals surface area contributed by atoms with Crippen molar-refractivity contribution in [1.29, 1.82) is 0 Å². The van der Waals surface area contributed by atoms with Crippen LogP contribution in [0.1, 0.15) is 24.8 Å². The summed E-state index contributed by atoms with van der Waals surface area (Å²) in [5.74, 6) is 2.90. The minimum atomic E-state index is 0.408. The molecule has 21 heavy (non-hydrogen) atoms. The third-order valence-electron chi connectivity index (χ3n) is 3.59. The lowest BCUT2D eigenvalue weighted by Crippen LogP contribution is -2.38. The van der Waals surface area contributed by atoms with Crippen LogP contribution in [0.5, 0.6) is 5.75 Å². The number of thioether (sulfide) groups is 1. The highest BCUT2D eigenvalue weighted by molar-refractivity contribution is 7.98. The van der Waals surface area contributed by atoms with Crippen molar-refractivity contribution in [3.63, 3.8) is 0 Å². The topological polar surface area (TPSA) is 45.7 Å². The van der Waals surface area contributed by atoms with E-state index in [2.05, 4.69) is 40.1 Å². The molecule has 1 aromatic carbocycles. The molecule has 5 heteroatoms. The molecule has 1 aliphatic carbocycles. The summed E-state index contributed by atoms with van der Waals surface area (Å²) >= 11 is 1.82. The Morgan fingerprint density at radius 1 is 1.33 bits per heavy atom. The first-order valence-corrected chi connectivity index (χ1v) is 8.91. The van der Waals surface area contributed by atoms with E-state index in [1.54, 1.807) is 7.05 Å². The number of rotatable bonds is 7. The predicted octanol–water partition coefficient (Wildman–Crippen LogP) is 2.65. The number of para-hydroxylation sites is 1. The molecule has 0 atom stereocenters. The van der Waals surface area contributed by atoms with Gasteiger partial charge in [-0.1, -0.05) is 18.2 Å². The Hall–Kier alpha value is -1.36. The molecule has 2 N–H and O–H groups in total. The maximum atomic E-state index is 6.04. The SMILES string of the molecule is CN=C(NCCSC)NCc1ccccc1OC1CCC1. The molecule has 0 aromatic heterocycles. The molecule has 0 bridgehead atoms. The zero-order valence-electron chi connectivity index (χ0n) is 12.9. The monoisotopic (exact) mass is 307 g/mol. The highest BCUT2D eigenvalue weighted by Gasteiger charge is 2.20. The zero-order valence-corrected chi connectivity index (χ0v) is 13.7. The average Bonchev–Trinajstić information content (AvgIpc) is 2.47. The van der Waals surface area contributed by atoms with E-state index in [1.165, 1.54) is 24.8 Å². The molecule has 0 aliphatic heterocycles. The number of nitrogens with zero attached hydrogens (tertiary/aromatic N) is 1. The Labute approximate surface area is 131 Å². The van der Waals surface area contributed by atoms with E-state index < -0.39 is 0 Å². The molecule has 0 unspecified atom stereocenters. The number of hydrogen-bond donors (Lipinski definition) is 2. The number of hydrogen-bond acceptors (Lipinski definition) is 3. The molecule has 0 spiro atoms. The van der Waals surface area contributed by atoms with Crippen molar-refractivity contribution in [3.8, 4) is 5.75 Å². The van der Waals surface area contributed by atoms with Crippen LogP contribution in [0.4, 0.5) is 0 Å². The first-order chi connectivity index (χ1) is 10.3. The lowest BCUT2D eigenvalue weighted by Gasteiger charge is -2.27. The number of benzene rings is 1. The van der Waals surface area contributed by atoms with Gasteiger partial charge in [-0.3, -0.25) is 4.99 Å². The summed E-state index contributed by atoms with van der Waals surface area (Å²) in [5, 5.41) is 6.64. The van der Waals surface area contributed by atoms with Gasteiger partial charge in [-0.15, -0.1) is 0 Å². The molecular weight excluding hydrogens is 282 g/mol. The Bertz CT molecular complexity index is 461. The molecule has 116 valence electrons. The van der Waals surface area contributed by atoms with E-state index in [0.717, 1.165) is 30.6 Å². The first-order valence-electron chi connectivity index (χ1n) is 7.51. The first kappa shape index (κ1) is 16.0. The van der Waals surface area contributed by atoms with Crippen LogP contribution in [0.3, 0.4) is 0 Å². The van der Waals surface area contributed by atoms with Crippen molar-refractivity contribution in [2.24, 2.45) is 4.99 Å². The Kier molecular flexibility index (Phi) is 6.73. The third kappa shape index (κ3) is 5.16. The van der Waals surface area contributed by atoms with Crippen LogP contribution in [-0.4, -0.2) is 37.7 Å². The minimum Gasteiger partial charge on any atom is -0.490 e. The summed E-state index contributed by atoms with van der Waals surface area (Å²) in [5.41, 5.74) is 1.18. The standard InChI is InChI=1S/C16H25N3OS/c1-17-16(18-10-11-21-2)19-12-13-6-3-4-9-15(13)20-14-7-5-8-14/h3-4,6,9,14H,5,7-8,10-12H2,1-2H3,(H2,17,18,19). The van der Waals surface area contributed by atoms with Gasteiger partial charge in [0.15, 0.2) is 5.96 Å². The fourth-order valence-electron chi connectivity index (χ4n) is 2.10. The van der Waals surface area contributed by atoms with E-state index in [4.69, 9.17) is 4.74 Å². The predicted molar refractivity (Wildman–Crippen MR) is 91.3 cm³/mol. The van der Waals surface area contributed by atoms with Crippen molar-refractivity contribution < 1.29 is 4.74 Å². The Morgan fingerprint density at radius 3 is 2.81 bits per heavy atom. The summed E-state index contributed by atoms with van der Waals surface area (Å²) < 4.78 is 6.04. The molecule has 4 nitrogen and oxygen atoms in total. The summed E-state index contributed by atoms with van der Waals surface area (Å²) in [6.07, 6.45) is 6.16. The maximum Gasteiger partial charge on any atom is 0.191 e. The van der Waals surface area contributed by atoms with Crippen molar-refractivity contribution in [3.05, 3.63) is 29.8 Å². The highest BCUT2D eigenvalue weighted by atomic mass is 32.2. The lowest BCUT2D eigenvalue weighted by atomic mass is 9.96. The second-order valence-electron chi connectivity index (χ2n) is 5.12. The van der Waals surface area contributed by atoms with Crippen LogP contribution >= 0.6 is 11.8 Å². The van der Waals surface area contributed by atoms with Gasteiger partial charge in [-0.25, -0.2) is 0 Å². The van der Waals surface area contributed by atoms with Gasteiger partial charge in [-0.05, 0) is 31.6 Å². The third-order valence-corrected chi connectivity index (χ3v) is 4.20. The molecule has 0 radical (unpaired) electrons. The quantitative estimate of drug-likeness (QED) is 0.462. The van der Waals surface area contributed by atoms with Crippen LogP contribution in [-0.2, 0) is 6.54 Å². The zero-order chi connectivity index (χ0) is 14.9. The van der Waals surface area contributed by atoms with Gasteiger partial charge in [0, 0.05) is 31.5 Å². The van der Waals surface area contributed by atoms with Gasteiger partial charge < -0.3 is 15.4 Å². The van der Waals surface area contributed by atoms with Crippen molar-refractivity contribution >= 4 is 17.7 Å². The van der Waals surface area contributed by atoms with Gasteiger partial charge in [-0.2, -0.15) is 11.8 Å². The van der Waals surface area contributed by atoms with Gasteiger partial charge in [0.05, 0.1) is 6.10 Å². The van der Waals surface area contributed by atoms with Crippen molar-refractivity contribution in [2.75, 3.05) is 25.6 Å². The van der Waals surface area contributed by atoms with Crippen LogP contribution in [0, 0.1) is 0 Å². The number of aliphatic imine (C=N–C) groups is 1. The Balaban J connectivity index is 1.86. The summed E-state index contributed by atoms with van der Waals surface area (Å²) in [6, 6.07) is 8.24. The van der Waals surface area contributed by atoms with Gasteiger partial charge >= 0.3 is 0 Å². The molecular formula is C16H25N3OS. The second-order valence-corrected chi connectivity index (χ2v) is 6.11. The van der Waals surface area contributed by atoms with Crippen molar-refractivity contribution in [2.45, 2.75) is 31.9 Å². The smallest absolute Gasteiger partial charge is 0.191 e. The van der Waals surface area contributed by atoms with Crippen LogP contribution < -0.4 is 15.4 Å². The maximum absolute atomic E-state index is 6.04. The molecule has 2 rings (SSSR count). The molecule has 1 saturated carbocycles. The highest BCUT2D eigenvalue weighted by Crippen LogP contribution is 2.27. The van der Waals surface area contributed by atoms with Crippen LogP contribution in [0.25, 0.3) is 0 Å². The summed E-state index contributed by atoms with van der Waals surface area (Å²) in [4.78, 5) is 4.24. The fourth-order valence-corrected chi connectivity index (χ4v) is 2.41. The minimum absolute atomic E-state index is 0.408. The molecule has 1 fully saturated rings. The lowest BCUT2D eigenvalue weighted by molar-refractivity contribution is 0.119. The van der Waals surface area contributed by atoms with Crippen LogP contribution in [0.2, 0.25) is 0 Å². The number of ether oxygens (including phenoxy) is 1. The van der Waals surface area contributed by atoms with E-state index >= 15 is 0 Å². The van der Waals surface area contributed by atoms with E-state index in [1.807, 2.05) is 17.8 Å².